The predicted octanol–water partition coefficient (Wildman–Crippen LogP) is 4.23. The SMILES string of the molecule is CCCOc1nc2ccccc2nc1N1CCCC(C(=O)Nc2ccc(NC(C)=O)cc2)C1. The Morgan fingerprint density at radius 2 is 1.70 bits per heavy atom. The van der Waals surface area contributed by atoms with E-state index in [-0.39, 0.29) is 17.7 Å². The van der Waals surface area contributed by atoms with E-state index in [4.69, 9.17) is 14.7 Å². The molecular weight excluding hydrogens is 418 g/mol. The number of carbonyl (C=O) groups excluding carboxylic acids is 2. The normalized spacial score (nSPS) is 15.8. The van der Waals surface area contributed by atoms with Crippen molar-refractivity contribution in [3.63, 3.8) is 0 Å². The van der Waals surface area contributed by atoms with Gasteiger partial charge in [-0.2, -0.15) is 0 Å². The number of para-hydroxylation sites is 2. The van der Waals surface area contributed by atoms with Crippen molar-refractivity contribution in [2.24, 2.45) is 5.92 Å². The van der Waals surface area contributed by atoms with Crippen LogP contribution in [0.1, 0.15) is 33.1 Å². The maximum atomic E-state index is 13.0. The summed E-state index contributed by atoms with van der Waals surface area (Å²) in [7, 11) is 0. The zero-order chi connectivity index (χ0) is 23.2. The van der Waals surface area contributed by atoms with Gasteiger partial charge in [0, 0.05) is 31.4 Å². The molecule has 1 atom stereocenters. The van der Waals surface area contributed by atoms with E-state index in [1.54, 1.807) is 24.3 Å². The van der Waals surface area contributed by atoms with E-state index in [1.807, 2.05) is 24.3 Å². The molecule has 2 heterocycles. The minimum Gasteiger partial charge on any atom is -0.475 e. The van der Waals surface area contributed by atoms with Crippen LogP contribution in [0.4, 0.5) is 17.2 Å². The first-order chi connectivity index (χ1) is 16.0. The Morgan fingerprint density at radius 3 is 2.36 bits per heavy atom. The summed E-state index contributed by atoms with van der Waals surface area (Å²) < 4.78 is 5.93. The largest absolute Gasteiger partial charge is 0.475 e. The Hall–Kier alpha value is -3.68. The molecule has 172 valence electrons. The van der Waals surface area contributed by atoms with Gasteiger partial charge in [0.25, 0.3) is 5.88 Å². The van der Waals surface area contributed by atoms with Crippen LogP contribution in [0.15, 0.2) is 48.5 Å². The van der Waals surface area contributed by atoms with E-state index in [2.05, 4.69) is 22.5 Å². The molecule has 0 radical (unpaired) electrons. The number of carbonyl (C=O) groups is 2. The number of nitrogens with zero attached hydrogens (tertiary/aromatic N) is 3. The molecule has 0 aliphatic carbocycles. The van der Waals surface area contributed by atoms with Crippen LogP contribution >= 0.6 is 0 Å². The fraction of sp³-hybridized carbons (Fsp3) is 0.360. The Kier molecular flexibility index (Phi) is 7.02. The maximum absolute atomic E-state index is 13.0. The number of fused-ring (bicyclic) bond motifs is 1. The smallest absolute Gasteiger partial charge is 0.258 e. The van der Waals surface area contributed by atoms with E-state index in [1.165, 1.54) is 6.92 Å². The van der Waals surface area contributed by atoms with Crippen LogP contribution in [0.25, 0.3) is 11.0 Å². The summed E-state index contributed by atoms with van der Waals surface area (Å²) in [6.45, 7) is 5.42. The highest BCUT2D eigenvalue weighted by Crippen LogP contribution is 2.31. The van der Waals surface area contributed by atoms with E-state index in [0.717, 1.165) is 36.8 Å². The second kappa shape index (κ2) is 10.3. The summed E-state index contributed by atoms with van der Waals surface area (Å²) >= 11 is 0. The van der Waals surface area contributed by atoms with Gasteiger partial charge in [0.05, 0.1) is 23.6 Å². The molecule has 1 fully saturated rings. The van der Waals surface area contributed by atoms with Crippen molar-refractivity contribution < 1.29 is 14.3 Å². The van der Waals surface area contributed by atoms with Crippen LogP contribution in [0.3, 0.4) is 0 Å². The molecular formula is C25H29N5O3. The van der Waals surface area contributed by atoms with Crippen molar-refractivity contribution in [1.82, 2.24) is 9.97 Å². The first-order valence-electron chi connectivity index (χ1n) is 11.4. The molecule has 8 nitrogen and oxygen atoms in total. The number of aromatic nitrogens is 2. The second-order valence-corrected chi connectivity index (χ2v) is 8.22. The zero-order valence-electron chi connectivity index (χ0n) is 19.0. The molecule has 33 heavy (non-hydrogen) atoms. The minimum absolute atomic E-state index is 0.0308. The number of hydrogen-bond donors (Lipinski definition) is 2. The van der Waals surface area contributed by atoms with Gasteiger partial charge in [-0.3, -0.25) is 9.59 Å². The van der Waals surface area contributed by atoms with Crippen LogP contribution < -0.4 is 20.3 Å². The Balaban J connectivity index is 1.49. The number of benzene rings is 2. The standard InChI is InChI=1S/C25H29N5O3/c1-3-15-33-25-23(28-21-8-4-5-9-22(21)29-25)30-14-6-7-18(16-30)24(32)27-20-12-10-19(11-13-20)26-17(2)31/h4-5,8-13,18H,3,6-7,14-16H2,1-2H3,(H,26,31)(H,27,32). The quantitative estimate of drug-likeness (QED) is 0.563. The van der Waals surface area contributed by atoms with E-state index < -0.39 is 0 Å². The molecule has 0 spiro atoms. The van der Waals surface area contributed by atoms with Gasteiger partial charge < -0.3 is 20.3 Å². The molecule has 2 aromatic carbocycles. The molecule has 1 unspecified atom stereocenters. The van der Waals surface area contributed by atoms with Crippen LogP contribution in [0.5, 0.6) is 5.88 Å². The molecule has 1 saturated heterocycles. The van der Waals surface area contributed by atoms with Gasteiger partial charge in [-0.25, -0.2) is 9.97 Å². The first-order valence-corrected chi connectivity index (χ1v) is 11.4. The Labute approximate surface area is 193 Å². The maximum Gasteiger partial charge on any atom is 0.258 e. The fourth-order valence-electron chi connectivity index (χ4n) is 3.94. The summed E-state index contributed by atoms with van der Waals surface area (Å²) in [4.78, 5) is 35.8. The molecule has 1 aromatic heterocycles. The Bertz CT molecular complexity index is 1130. The van der Waals surface area contributed by atoms with Crippen molar-refractivity contribution in [2.75, 3.05) is 35.2 Å². The summed E-state index contributed by atoms with van der Waals surface area (Å²) in [6, 6.07) is 14.9. The third kappa shape index (κ3) is 5.58. The van der Waals surface area contributed by atoms with Crippen molar-refractivity contribution in [3.8, 4) is 5.88 Å². The van der Waals surface area contributed by atoms with Gasteiger partial charge in [-0.1, -0.05) is 19.1 Å². The first kappa shape index (κ1) is 22.5. The number of hydrogen-bond acceptors (Lipinski definition) is 6. The number of piperidine rings is 1. The Morgan fingerprint density at radius 1 is 1.03 bits per heavy atom. The highest BCUT2D eigenvalue weighted by atomic mass is 16.5. The number of amides is 2. The zero-order valence-corrected chi connectivity index (χ0v) is 19.0. The third-order valence-corrected chi connectivity index (χ3v) is 5.53. The average molecular weight is 448 g/mol. The van der Waals surface area contributed by atoms with Crippen molar-refractivity contribution in [2.45, 2.75) is 33.1 Å². The lowest BCUT2D eigenvalue weighted by Gasteiger charge is -2.33. The highest BCUT2D eigenvalue weighted by Gasteiger charge is 2.29. The topological polar surface area (TPSA) is 96.5 Å². The molecule has 1 aliphatic rings. The number of anilines is 3. The second-order valence-electron chi connectivity index (χ2n) is 8.22. The van der Waals surface area contributed by atoms with Crippen molar-refractivity contribution in [1.29, 1.82) is 0 Å². The van der Waals surface area contributed by atoms with E-state index in [9.17, 15) is 9.59 Å². The molecule has 0 saturated carbocycles. The number of ether oxygens (including phenoxy) is 1. The molecule has 2 amide bonds. The number of rotatable bonds is 7. The number of nitrogens with one attached hydrogen (secondary N) is 2. The lowest BCUT2D eigenvalue weighted by Crippen LogP contribution is -2.41. The summed E-state index contributed by atoms with van der Waals surface area (Å²) in [5.74, 6) is 0.871. The molecule has 2 N–H and O–H groups in total. The lowest BCUT2D eigenvalue weighted by atomic mass is 9.97. The van der Waals surface area contributed by atoms with Gasteiger partial charge in [-0.05, 0) is 55.7 Å². The van der Waals surface area contributed by atoms with E-state index >= 15 is 0 Å². The summed E-state index contributed by atoms with van der Waals surface area (Å²) in [6.07, 6.45) is 2.56. The summed E-state index contributed by atoms with van der Waals surface area (Å²) in [5.41, 5.74) is 2.99. The van der Waals surface area contributed by atoms with E-state index in [0.29, 0.717) is 36.2 Å². The van der Waals surface area contributed by atoms with Gasteiger partial charge in [0.2, 0.25) is 11.8 Å². The van der Waals surface area contributed by atoms with Crippen molar-refractivity contribution in [3.05, 3.63) is 48.5 Å². The lowest BCUT2D eigenvalue weighted by molar-refractivity contribution is -0.120. The minimum atomic E-state index is -0.180. The molecule has 8 heteroatoms. The molecule has 0 bridgehead atoms. The fourth-order valence-corrected chi connectivity index (χ4v) is 3.94. The average Bonchev–Trinajstić information content (AvgIpc) is 2.83. The molecule has 3 aromatic rings. The van der Waals surface area contributed by atoms with Gasteiger partial charge in [0.1, 0.15) is 0 Å². The van der Waals surface area contributed by atoms with Crippen molar-refractivity contribution >= 4 is 40.0 Å². The molecule has 1 aliphatic heterocycles. The van der Waals surface area contributed by atoms with Gasteiger partial charge in [0.15, 0.2) is 5.82 Å². The summed E-state index contributed by atoms with van der Waals surface area (Å²) in [5, 5.41) is 5.72. The van der Waals surface area contributed by atoms with Crippen LogP contribution in [0.2, 0.25) is 0 Å². The third-order valence-electron chi connectivity index (χ3n) is 5.53. The highest BCUT2D eigenvalue weighted by molar-refractivity contribution is 5.94. The van der Waals surface area contributed by atoms with Crippen LogP contribution in [0, 0.1) is 5.92 Å². The molecule has 4 rings (SSSR count). The van der Waals surface area contributed by atoms with Crippen LogP contribution in [-0.4, -0.2) is 41.5 Å². The predicted molar refractivity (Wildman–Crippen MR) is 130 cm³/mol. The van der Waals surface area contributed by atoms with Gasteiger partial charge >= 0.3 is 0 Å². The van der Waals surface area contributed by atoms with Gasteiger partial charge in [-0.15, -0.1) is 0 Å². The van der Waals surface area contributed by atoms with Crippen LogP contribution in [-0.2, 0) is 9.59 Å². The monoisotopic (exact) mass is 447 g/mol.